The van der Waals surface area contributed by atoms with Crippen molar-refractivity contribution in [3.05, 3.63) is 23.3 Å². The van der Waals surface area contributed by atoms with Gasteiger partial charge >= 0.3 is 0 Å². The standard InChI is InChI=1S/C13H19NS/c1-8(2)11-7-15-13-10(4)6-5-9(3)12(13)14-11/h5-6,8,11,14H,7H2,1-4H3. The molecule has 2 rings (SSSR count). The zero-order valence-electron chi connectivity index (χ0n) is 9.92. The molecule has 0 fully saturated rings. The molecule has 1 aromatic rings. The lowest BCUT2D eigenvalue weighted by Gasteiger charge is -2.31. The van der Waals surface area contributed by atoms with Gasteiger partial charge in [0.2, 0.25) is 0 Å². The van der Waals surface area contributed by atoms with Crippen molar-refractivity contribution in [2.24, 2.45) is 5.92 Å². The van der Waals surface area contributed by atoms with E-state index in [4.69, 9.17) is 0 Å². The number of hydrogen-bond donors (Lipinski definition) is 1. The molecular formula is C13H19NS. The van der Waals surface area contributed by atoms with E-state index in [0.29, 0.717) is 12.0 Å². The topological polar surface area (TPSA) is 12.0 Å². The molecule has 0 aliphatic carbocycles. The van der Waals surface area contributed by atoms with Gasteiger partial charge in [0.05, 0.1) is 5.69 Å². The third kappa shape index (κ3) is 2.00. The molecule has 0 amide bonds. The van der Waals surface area contributed by atoms with Gasteiger partial charge in [-0.2, -0.15) is 0 Å². The van der Waals surface area contributed by atoms with E-state index in [-0.39, 0.29) is 0 Å². The van der Waals surface area contributed by atoms with Crippen molar-refractivity contribution in [2.75, 3.05) is 11.1 Å². The van der Waals surface area contributed by atoms with Crippen LogP contribution in [0.1, 0.15) is 25.0 Å². The molecule has 1 nitrogen and oxygen atoms in total. The molecular weight excluding hydrogens is 202 g/mol. The minimum Gasteiger partial charge on any atom is -0.380 e. The molecule has 15 heavy (non-hydrogen) atoms. The van der Waals surface area contributed by atoms with Crippen LogP contribution in [0.15, 0.2) is 17.0 Å². The summed E-state index contributed by atoms with van der Waals surface area (Å²) in [6.07, 6.45) is 0. The number of fused-ring (bicyclic) bond motifs is 1. The summed E-state index contributed by atoms with van der Waals surface area (Å²) in [4.78, 5) is 1.45. The van der Waals surface area contributed by atoms with Crippen molar-refractivity contribution in [1.82, 2.24) is 0 Å². The van der Waals surface area contributed by atoms with E-state index in [1.54, 1.807) is 0 Å². The lowest BCUT2D eigenvalue weighted by atomic mass is 10.0. The maximum atomic E-state index is 3.68. The number of anilines is 1. The number of nitrogens with one attached hydrogen (secondary N) is 1. The first kappa shape index (κ1) is 10.9. The molecule has 2 heteroatoms. The van der Waals surface area contributed by atoms with Crippen molar-refractivity contribution >= 4 is 17.4 Å². The van der Waals surface area contributed by atoms with Gasteiger partial charge in [-0.1, -0.05) is 26.0 Å². The highest BCUT2D eigenvalue weighted by molar-refractivity contribution is 7.99. The molecule has 0 spiro atoms. The van der Waals surface area contributed by atoms with E-state index in [1.165, 1.54) is 27.5 Å². The fraction of sp³-hybridized carbons (Fsp3) is 0.538. The predicted octanol–water partition coefficient (Wildman–Crippen LogP) is 3.85. The van der Waals surface area contributed by atoms with Crippen LogP contribution in [0, 0.1) is 19.8 Å². The molecule has 0 aromatic heterocycles. The highest BCUT2D eigenvalue weighted by atomic mass is 32.2. The second-order valence-electron chi connectivity index (χ2n) is 4.71. The molecule has 1 aliphatic rings. The monoisotopic (exact) mass is 221 g/mol. The van der Waals surface area contributed by atoms with Crippen LogP contribution in [0.5, 0.6) is 0 Å². The highest BCUT2D eigenvalue weighted by Gasteiger charge is 2.22. The molecule has 0 bridgehead atoms. The molecule has 1 N–H and O–H groups in total. The highest BCUT2D eigenvalue weighted by Crippen LogP contribution is 2.39. The summed E-state index contributed by atoms with van der Waals surface area (Å²) in [5.41, 5.74) is 4.13. The maximum absolute atomic E-state index is 3.68. The van der Waals surface area contributed by atoms with Gasteiger partial charge in [-0.05, 0) is 30.9 Å². The van der Waals surface area contributed by atoms with Gasteiger partial charge in [-0.15, -0.1) is 11.8 Å². The van der Waals surface area contributed by atoms with Crippen molar-refractivity contribution in [1.29, 1.82) is 0 Å². The average molecular weight is 221 g/mol. The van der Waals surface area contributed by atoms with E-state index in [1.807, 2.05) is 11.8 Å². The molecule has 1 heterocycles. The molecule has 1 aliphatic heterocycles. The van der Waals surface area contributed by atoms with Gasteiger partial charge in [-0.3, -0.25) is 0 Å². The lowest BCUT2D eigenvalue weighted by molar-refractivity contribution is 0.562. The van der Waals surface area contributed by atoms with Crippen LogP contribution in [0.2, 0.25) is 0 Å². The quantitative estimate of drug-likeness (QED) is 0.773. The van der Waals surface area contributed by atoms with E-state index >= 15 is 0 Å². The lowest BCUT2D eigenvalue weighted by Crippen LogP contribution is -2.31. The Morgan fingerprint density at radius 1 is 1.27 bits per heavy atom. The van der Waals surface area contributed by atoms with Crippen LogP contribution in [0.4, 0.5) is 5.69 Å². The third-order valence-electron chi connectivity index (χ3n) is 3.10. The number of thioether (sulfide) groups is 1. The maximum Gasteiger partial charge on any atom is 0.0513 e. The first-order chi connectivity index (χ1) is 7.09. The molecule has 1 atom stereocenters. The number of benzene rings is 1. The van der Waals surface area contributed by atoms with Gasteiger partial charge in [0, 0.05) is 16.7 Å². The van der Waals surface area contributed by atoms with E-state index in [0.717, 1.165) is 0 Å². The molecule has 0 radical (unpaired) electrons. The van der Waals surface area contributed by atoms with E-state index in [2.05, 4.69) is 45.1 Å². The third-order valence-corrected chi connectivity index (χ3v) is 4.45. The smallest absolute Gasteiger partial charge is 0.0513 e. The normalized spacial score (nSPS) is 19.9. The van der Waals surface area contributed by atoms with Crippen LogP contribution in [-0.4, -0.2) is 11.8 Å². The van der Waals surface area contributed by atoms with E-state index in [9.17, 15) is 0 Å². The van der Waals surface area contributed by atoms with Gasteiger partial charge in [0.1, 0.15) is 0 Å². The minimum absolute atomic E-state index is 0.614. The predicted molar refractivity (Wildman–Crippen MR) is 68.9 cm³/mol. The zero-order valence-corrected chi connectivity index (χ0v) is 10.7. The summed E-state index contributed by atoms with van der Waals surface area (Å²) in [7, 11) is 0. The Morgan fingerprint density at radius 2 is 1.93 bits per heavy atom. The van der Waals surface area contributed by atoms with Crippen LogP contribution in [0.3, 0.4) is 0 Å². The Balaban J connectivity index is 2.36. The second kappa shape index (κ2) is 4.09. The van der Waals surface area contributed by atoms with Crippen LogP contribution < -0.4 is 5.32 Å². The fourth-order valence-electron chi connectivity index (χ4n) is 1.91. The molecule has 0 saturated heterocycles. The van der Waals surface area contributed by atoms with E-state index < -0.39 is 0 Å². The summed E-state index contributed by atoms with van der Waals surface area (Å²) in [6, 6.07) is 5.05. The Labute approximate surface area is 96.7 Å². The van der Waals surface area contributed by atoms with Gasteiger partial charge < -0.3 is 5.32 Å². The molecule has 82 valence electrons. The molecule has 0 saturated carbocycles. The van der Waals surface area contributed by atoms with Crippen LogP contribution in [0.25, 0.3) is 0 Å². The average Bonchev–Trinajstić information content (AvgIpc) is 2.23. The van der Waals surface area contributed by atoms with Crippen molar-refractivity contribution in [3.8, 4) is 0 Å². The first-order valence-corrected chi connectivity index (χ1v) is 6.57. The SMILES string of the molecule is Cc1ccc(C)c2c1NC(C(C)C)CS2. The van der Waals surface area contributed by atoms with Crippen molar-refractivity contribution in [3.63, 3.8) is 0 Å². The van der Waals surface area contributed by atoms with Gasteiger partial charge in [-0.25, -0.2) is 0 Å². The summed E-state index contributed by atoms with van der Waals surface area (Å²) in [6.45, 7) is 8.96. The van der Waals surface area contributed by atoms with Crippen LogP contribution >= 0.6 is 11.8 Å². The number of rotatable bonds is 1. The minimum atomic E-state index is 0.614. The number of aryl methyl sites for hydroxylation is 2. The zero-order chi connectivity index (χ0) is 11.0. The van der Waals surface area contributed by atoms with Crippen LogP contribution in [-0.2, 0) is 0 Å². The first-order valence-electron chi connectivity index (χ1n) is 5.59. The Hall–Kier alpha value is -0.630. The summed E-state index contributed by atoms with van der Waals surface area (Å²) < 4.78 is 0. The van der Waals surface area contributed by atoms with Gasteiger partial charge in [0.15, 0.2) is 0 Å². The summed E-state index contributed by atoms with van der Waals surface area (Å²) in [5.74, 6) is 1.89. The second-order valence-corrected chi connectivity index (χ2v) is 5.74. The summed E-state index contributed by atoms with van der Waals surface area (Å²) >= 11 is 2.00. The Kier molecular flexibility index (Phi) is 2.96. The Morgan fingerprint density at radius 3 is 2.60 bits per heavy atom. The van der Waals surface area contributed by atoms with Gasteiger partial charge in [0.25, 0.3) is 0 Å². The molecule has 1 aromatic carbocycles. The summed E-state index contributed by atoms with van der Waals surface area (Å²) in [5, 5.41) is 3.68. The fourth-order valence-corrected chi connectivity index (χ4v) is 3.38. The van der Waals surface area contributed by atoms with Crippen molar-refractivity contribution < 1.29 is 0 Å². The molecule has 1 unspecified atom stereocenters. The Bertz CT molecular complexity index is 371. The largest absolute Gasteiger partial charge is 0.380 e. The van der Waals surface area contributed by atoms with Crippen molar-refractivity contribution in [2.45, 2.75) is 38.6 Å². The number of hydrogen-bond acceptors (Lipinski definition) is 2.